The van der Waals surface area contributed by atoms with Gasteiger partial charge in [-0.3, -0.25) is 0 Å². The van der Waals surface area contributed by atoms with E-state index < -0.39 is 0 Å². The second-order valence-electron chi connectivity index (χ2n) is 6.94. The van der Waals surface area contributed by atoms with Crippen LogP contribution in [0.15, 0.2) is 36.7 Å². The van der Waals surface area contributed by atoms with Gasteiger partial charge in [0.2, 0.25) is 0 Å². The van der Waals surface area contributed by atoms with Crippen LogP contribution in [-0.4, -0.2) is 37.0 Å². The normalized spacial score (nSPS) is 19.1. The Kier molecular flexibility index (Phi) is 3.04. The molecule has 1 aromatic carbocycles. The Labute approximate surface area is 140 Å². The molecule has 0 unspecified atom stereocenters. The predicted octanol–water partition coefficient (Wildman–Crippen LogP) is 2.79. The highest BCUT2D eigenvalue weighted by Gasteiger charge is 2.47. The van der Waals surface area contributed by atoms with Gasteiger partial charge in [0.15, 0.2) is 17.0 Å². The van der Waals surface area contributed by atoms with Gasteiger partial charge >= 0.3 is 0 Å². The van der Waals surface area contributed by atoms with E-state index in [1.54, 1.807) is 6.33 Å². The summed E-state index contributed by atoms with van der Waals surface area (Å²) in [6.07, 6.45) is 8.13. The summed E-state index contributed by atoms with van der Waals surface area (Å²) >= 11 is 0. The van der Waals surface area contributed by atoms with E-state index in [0.29, 0.717) is 12.1 Å². The van der Waals surface area contributed by atoms with Crippen molar-refractivity contribution in [2.45, 2.75) is 44.2 Å². The number of nitrogens with zero attached hydrogens (tertiary/aromatic N) is 6. The van der Waals surface area contributed by atoms with Gasteiger partial charge in [0.25, 0.3) is 0 Å². The molecule has 3 heterocycles. The first-order valence-electron chi connectivity index (χ1n) is 8.72. The van der Waals surface area contributed by atoms with Gasteiger partial charge in [-0.2, -0.15) is 0 Å². The molecule has 2 aromatic heterocycles. The number of fused-ring (bicyclic) bond motifs is 1. The molecule has 1 saturated carbocycles. The zero-order chi connectivity index (χ0) is 16.0. The highest BCUT2D eigenvalue weighted by molar-refractivity contribution is 5.83. The van der Waals surface area contributed by atoms with Gasteiger partial charge in [0.1, 0.15) is 6.33 Å². The average Bonchev–Trinajstić information content (AvgIpc) is 3.25. The third-order valence-corrected chi connectivity index (χ3v) is 5.62. The van der Waals surface area contributed by atoms with Crippen LogP contribution in [0.4, 0.5) is 5.82 Å². The average molecular weight is 320 g/mol. The van der Waals surface area contributed by atoms with Crippen molar-refractivity contribution in [3.8, 4) is 0 Å². The molecule has 122 valence electrons. The molecule has 3 aromatic rings. The van der Waals surface area contributed by atoms with Crippen LogP contribution in [0.25, 0.3) is 11.2 Å². The Morgan fingerprint density at radius 1 is 1.00 bits per heavy atom. The Bertz CT molecular complexity index is 866. The molecule has 0 N–H and O–H groups in total. The van der Waals surface area contributed by atoms with Crippen molar-refractivity contribution in [1.82, 2.24) is 25.0 Å². The van der Waals surface area contributed by atoms with Crippen LogP contribution in [0.1, 0.15) is 37.7 Å². The summed E-state index contributed by atoms with van der Waals surface area (Å²) < 4.78 is 1.87. The van der Waals surface area contributed by atoms with Crippen LogP contribution in [0.3, 0.4) is 0 Å². The second kappa shape index (κ2) is 5.26. The maximum atomic E-state index is 4.57. The number of aromatic nitrogens is 5. The summed E-state index contributed by atoms with van der Waals surface area (Å²) in [7, 11) is 0. The fraction of sp³-hybridized carbons (Fsp3) is 0.444. The fourth-order valence-corrected chi connectivity index (χ4v) is 4.26. The standard InChI is InChI=1S/C18H20N6/c1-2-6-14(7-3-1)12-24-17-15(21-22-24)16(19-13-20-17)23-11-10-18(23)8-4-5-9-18/h1-3,6-7,13H,4-5,8-12H2. The Morgan fingerprint density at radius 2 is 1.83 bits per heavy atom. The molecule has 5 rings (SSSR count). The van der Waals surface area contributed by atoms with Gasteiger partial charge in [-0.05, 0) is 24.8 Å². The minimum absolute atomic E-state index is 0.324. The van der Waals surface area contributed by atoms with Crippen molar-refractivity contribution in [2.24, 2.45) is 0 Å². The van der Waals surface area contributed by atoms with Crippen molar-refractivity contribution in [3.05, 3.63) is 42.2 Å². The molecule has 1 aliphatic carbocycles. The number of benzene rings is 1. The largest absolute Gasteiger partial charge is 0.349 e. The molecule has 2 aliphatic rings. The molecule has 0 bridgehead atoms. The van der Waals surface area contributed by atoms with Crippen LogP contribution in [0, 0.1) is 0 Å². The van der Waals surface area contributed by atoms with E-state index in [9.17, 15) is 0 Å². The van der Waals surface area contributed by atoms with E-state index in [0.717, 1.165) is 23.5 Å². The Hall–Kier alpha value is -2.50. The lowest BCUT2D eigenvalue weighted by Crippen LogP contribution is -2.58. The van der Waals surface area contributed by atoms with E-state index in [-0.39, 0.29) is 0 Å². The van der Waals surface area contributed by atoms with E-state index in [1.165, 1.54) is 37.7 Å². The highest BCUT2D eigenvalue weighted by Crippen LogP contribution is 2.47. The number of anilines is 1. The van der Waals surface area contributed by atoms with E-state index in [2.05, 4.69) is 37.3 Å². The first-order chi connectivity index (χ1) is 11.9. The molecule has 0 radical (unpaired) electrons. The van der Waals surface area contributed by atoms with Crippen LogP contribution in [-0.2, 0) is 6.54 Å². The molecule has 0 amide bonds. The smallest absolute Gasteiger partial charge is 0.184 e. The van der Waals surface area contributed by atoms with E-state index >= 15 is 0 Å². The summed E-state index contributed by atoms with van der Waals surface area (Å²) in [5, 5.41) is 8.76. The predicted molar refractivity (Wildman–Crippen MR) is 91.8 cm³/mol. The summed E-state index contributed by atoms with van der Waals surface area (Å²) in [5.74, 6) is 0.965. The highest BCUT2D eigenvalue weighted by atomic mass is 15.5. The first-order valence-corrected chi connectivity index (χ1v) is 8.72. The van der Waals surface area contributed by atoms with Gasteiger partial charge in [-0.1, -0.05) is 48.4 Å². The number of hydrogen-bond donors (Lipinski definition) is 0. The summed E-state index contributed by atoms with van der Waals surface area (Å²) in [6, 6.07) is 10.3. The Morgan fingerprint density at radius 3 is 2.58 bits per heavy atom. The molecule has 6 nitrogen and oxygen atoms in total. The fourth-order valence-electron chi connectivity index (χ4n) is 4.26. The van der Waals surface area contributed by atoms with Crippen LogP contribution in [0.2, 0.25) is 0 Å². The molecule has 1 spiro atoms. The Balaban J connectivity index is 1.53. The van der Waals surface area contributed by atoms with Crippen molar-refractivity contribution >= 4 is 17.0 Å². The lowest BCUT2D eigenvalue weighted by molar-refractivity contribution is 0.279. The molecule has 6 heteroatoms. The third-order valence-electron chi connectivity index (χ3n) is 5.62. The molecule has 2 fully saturated rings. The van der Waals surface area contributed by atoms with E-state index in [4.69, 9.17) is 0 Å². The third kappa shape index (κ3) is 2.02. The van der Waals surface area contributed by atoms with Crippen molar-refractivity contribution in [3.63, 3.8) is 0 Å². The van der Waals surface area contributed by atoms with Crippen LogP contribution < -0.4 is 4.90 Å². The zero-order valence-corrected chi connectivity index (χ0v) is 13.6. The zero-order valence-electron chi connectivity index (χ0n) is 13.6. The maximum Gasteiger partial charge on any atom is 0.184 e. The van der Waals surface area contributed by atoms with E-state index in [1.807, 2.05) is 22.9 Å². The summed E-state index contributed by atoms with van der Waals surface area (Å²) in [4.78, 5) is 11.5. The molecule has 0 atom stereocenters. The molecule has 1 saturated heterocycles. The van der Waals surface area contributed by atoms with Crippen molar-refractivity contribution in [2.75, 3.05) is 11.4 Å². The van der Waals surface area contributed by atoms with Crippen LogP contribution in [0.5, 0.6) is 0 Å². The topological polar surface area (TPSA) is 59.7 Å². The molecule has 1 aliphatic heterocycles. The van der Waals surface area contributed by atoms with Crippen LogP contribution >= 0.6 is 0 Å². The quantitative estimate of drug-likeness (QED) is 0.742. The minimum Gasteiger partial charge on any atom is -0.349 e. The molecule has 24 heavy (non-hydrogen) atoms. The molecular weight excluding hydrogens is 300 g/mol. The van der Waals surface area contributed by atoms with Gasteiger partial charge < -0.3 is 4.90 Å². The van der Waals surface area contributed by atoms with Crippen molar-refractivity contribution in [1.29, 1.82) is 0 Å². The first kappa shape index (κ1) is 13.9. The van der Waals surface area contributed by atoms with Gasteiger partial charge in [0, 0.05) is 12.1 Å². The molecular formula is C18H20N6. The maximum absolute atomic E-state index is 4.57. The lowest BCUT2D eigenvalue weighted by Gasteiger charge is -2.51. The van der Waals surface area contributed by atoms with Gasteiger partial charge in [0.05, 0.1) is 6.54 Å². The monoisotopic (exact) mass is 320 g/mol. The van der Waals surface area contributed by atoms with Gasteiger partial charge in [-0.15, -0.1) is 5.10 Å². The number of rotatable bonds is 3. The minimum atomic E-state index is 0.324. The second-order valence-corrected chi connectivity index (χ2v) is 6.94. The summed E-state index contributed by atoms with van der Waals surface area (Å²) in [6.45, 7) is 1.75. The SMILES string of the molecule is c1ccc(Cn2nnc3c(N4CCC45CCCC5)ncnc32)cc1. The lowest BCUT2D eigenvalue weighted by atomic mass is 9.83. The summed E-state index contributed by atoms with van der Waals surface area (Å²) in [5.41, 5.74) is 3.17. The number of hydrogen-bond acceptors (Lipinski definition) is 5. The van der Waals surface area contributed by atoms with Gasteiger partial charge in [-0.25, -0.2) is 14.6 Å². The van der Waals surface area contributed by atoms with Crippen molar-refractivity contribution < 1.29 is 0 Å².